The fourth-order valence-corrected chi connectivity index (χ4v) is 2.74. The van der Waals surface area contributed by atoms with E-state index in [4.69, 9.17) is 4.74 Å². The van der Waals surface area contributed by atoms with Gasteiger partial charge in [0.05, 0.1) is 13.5 Å². The van der Waals surface area contributed by atoms with E-state index >= 15 is 0 Å². The van der Waals surface area contributed by atoms with E-state index in [2.05, 4.69) is 27.3 Å². The summed E-state index contributed by atoms with van der Waals surface area (Å²) in [7, 11) is 1.61. The number of anilines is 3. The van der Waals surface area contributed by atoms with Gasteiger partial charge in [0.15, 0.2) is 11.6 Å². The topological polar surface area (TPSA) is 67.4 Å². The molecule has 0 saturated carbocycles. The number of aromatic nitrogens is 2. The zero-order valence-electron chi connectivity index (χ0n) is 15.4. The highest BCUT2D eigenvalue weighted by Crippen LogP contribution is 2.22. The van der Waals surface area contributed by atoms with Gasteiger partial charge in [0.2, 0.25) is 5.91 Å². The molecule has 1 amide bonds. The Morgan fingerprint density at radius 3 is 2.33 bits per heavy atom. The van der Waals surface area contributed by atoms with Gasteiger partial charge in [-0.2, -0.15) is 0 Å². The van der Waals surface area contributed by atoms with E-state index in [1.807, 2.05) is 60.7 Å². The van der Waals surface area contributed by atoms with Gasteiger partial charge in [-0.05, 0) is 48.9 Å². The molecule has 1 heterocycles. The smallest absolute Gasteiger partial charge is 0.229 e. The predicted octanol–water partition coefficient (Wildman–Crippen LogP) is 3.82. The van der Waals surface area contributed by atoms with Crippen LogP contribution >= 0.6 is 0 Å². The van der Waals surface area contributed by atoms with Crippen molar-refractivity contribution in [2.24, 2.45) is 0 Å². The Hall–Kier alpha value is -3.41. The van der Waals surface area contributed by atoms with Crippen molar-refractivity contribution in [3.63, 3.8) is 0 Å². The van der Waals surface area contributed by atoms with Crippen LogP contribution in [0.4, 0.5) is 17.3 Å². The SMILES string of the molecule is CCN(c1ccccc1)c1ccc(NC(=O)Cc2ccc(OC)cc2)nn1. The summed E-state index contributed by atoms with van der Waals surface area (Å²) in [6.45, 7) is 2.82. The quantitative estimate of drug-likeness (QED) is 0.692. The molecule has 0 aliphatic rings. The standard InChI is InChI=1S/C21H22N4O2/c1-3-25(17-7-5-4-6-8-17)20-14-13-19(23-24-20)22-21(26)15-16-9-11-18(27-2)12-10-16/h4-14H,3,15H2,1-2H3,(H,22,23,26). The maximum atomic E-state index is 12.2. The molecule has 2 aromatic carbocycles. The van der Waals surface area contributed by atoms with Gasteiger partial charge < -0.3 is 15.0 Å². The van der Waals surface area contributed by atoms with Crippen molar-refractivity contribution in [1.29, 1.82) is 0 Å². The van der Waals surface area contributed by atoms with Crippen LogP contribution in [0.1, 0.15) is 12.5 Å². The third kappa shape index (κ3) is 4.82. The van der Waals surface area contributed by atoms with E-state index in [1.165, 1.54) is 0 Å². The van der Waals surface area contributed by atoms with Gasteiger partial charge in [0.25, 0.3) is 0 Å². The zero-order valence-corrected chi connectivity index (χ0v) is 15.4. The first-order valence-electron chi connectivity index (χ1n) is 8.78. The number of para-hydroxylation sites is 1. The minimum Gasteiger partial charge on any atom is -0.497 e. The van der Waals surface area contributed by atoms with Crippen molar-refractivity contribution in [1.82, 2.24) is 10.2 Å². The largest absolute Gasteiger partial charge is 0.497 e. The Morgan fingerprint density at radius 1 is 1.00 bits per heavy atom. The van der Waals surface area contributed by atoms with Gasteiger partial charge >= 0.3 is 0 Å². The molecule has 0 aliphatic heterocycles. The minimum atomic E-state index is -0.141. The third-order valence-corrected chi connectivity index (χ3v) is 4.10. The average Bonchev–Trinajstić information content (AvgIpc) is 2.71. The second-order valence-electron chi connectivity index (χ2n) is 5.93. The number of hydrogen-bond acceptors (Lipinski definition) is 5. The summed E-state index contributed by atoms with van der Waals surface area (Å²) in [6, 6.07) is 21.0. The van der Waals surface area contributed by atoms with Crippen LogP contribution in [0.25, 0.3) is 0 Å². The number of hydrogen-bond donors (Lipinski definition) is 1. The monoisotopic (exact) mass is 362 g/mol. The van der Waals surface area contributed by atoms with E-state index in [-0.39, 0.29) is 12.3 Å². The van der Waals surface area contributed by atoms with Crippen LogP contribution < -0.4 is 15.0 Å². The Kier molecular flexibility index (Phi) is 5.99. The average molecular weight is 362 g/mol. The molecule has 138 valence electrons. The molecule has 0 saturated heterocycles. The predicted molar refractivity (Wildman–Crippen MR) is 106 cm³/mol. The fourth-order valence-electron chi connectivity index (χ4n) is 2.74. The number of carbonyl (C=O) groups is 1. The molecule has 0 atom stereocenters. The maximum Gasteiger partial charge on any atom is 0.229 e. The molecule has 1 aromatic heterocycles. The van der Waals surface area contributed by atoms with Gasteiger partial charge in [0.1, 0.15) is 5.75 Å². The van der Waals surface area contributed by atoms with Crippen LogP contribution in [-0.2, 0) is 11.2 Å². The summed E-state index contributed by atoms with van der Waals surface area (Å²) in [5, 5.41) is 11.2. The lowest BCUT2D eigenvalue weighted by molar-refractivity contribution is -0.115. The first kappa shape index (κ1) is 18.4. The zero-order chi connectivity index (χ0) is 19.1. The van der Waals surface area contributed by atoms with E-state index < -0.39 is 0 Å². The highest BCUT2D eigenvalue weighted by molar-refractivity contribution is 5.91. The van der Waals surface area contributed by atoms with Gasteiger partial charge in [-0.15, -0.1) is 10.2 Å². The number of nitrogens with zero attached hydrogens (tertiary/aromatic N) is 3. The lowest BCUT2D eigenvalue weighted by atomic mass is 10.1. The van der Waals surface area contributed by atoms with Crippen molar-refractivity contribution in [2.75, 3.05) is 23.9 Å². The molecule has 3 rings (SSSR count). The molecule has 0 fully saturated rings. The Morgan fingerprint density at radius 2 is 1.74 bits per heavy atom. The van der Waals surface area contributed by atoms with Crippen molar-refractivity contribution in [3.05, 3.63) is 72.3 Å². The van der Waals surface area contributed by atoms with Gasteiger partial charge in [-0.3, -0.25) is 4.79 Å². The molecule has 6 nitrogen and oxygen atoms in total. The molecule has 0 bridgehead atoms. The molecular formula is C21H22N4O2. The van der Waals surface area contributed by atoms with Gasteiger partial charge in [0, 0.05) is 12.2 Å². The van der Waals surface area contributed by atoms with Crippen LogP contribution in [0, 0.1) is 0 Å². The van der Waals surface area contributed by atoms with Crippen molar-refractivity contribution in [2.45, 2.75) is 13.3 Å². The van der Waals surface area contributed by atoms with Crippen LogP contribution in [0.3, 0.4) is 0 Å². The number of carbonyl (C=O) groups excluding carboxylic acids is 1. The van der Waals surface area contributed by atoms with E-state index in [9.17, 15) is 4.79 Å². The highest BCUT2D eigenvalue weighted by atomic mass is 16.5. The number of rotatable bonds is 7. The van der Waals surface area contributed by atoms with E-state index in [0.717, 1.165) is 29.4 Å². The summed E-state index contributed by atoms with van der Waals surface area (Å²) < 4.78 is 5.12. The maximum absolute atomic E-state index is 12.2. The highest BCUT2D eigenvalue weighted by Gasteiger charge is 2.10. The summed E-state index contributed by atoms with van der Waals surface area (Å²) in [4.78, 5) is 14.3. The number of benzene rings is 2. The van der Waals surface area contributed by atoms with Gasteiger partial charge in [-0.25, -0.2) is 0 Å². The van der Waals surface area contributed by atoms with Crippen LogP contribution in [0.5, 0.6) is 5.75 Å². The Labute approximate surface area is 158 Å². The summed E-state index contributed by atoms with van der Waals surface area (Å²) in [5.41, 5.74) is 1.95. The van der Waals surface area contributed by atoms with Crippen LogP contribution in [-0.4, -0.2) is 29.8 Å². The lowest BCUT2D eigenvalue weighted by Crippen LogP contribution is -2.19. The fraction of sp³-hybridized carbons (Fsp3) is 0.190. The second kappa shape index (κ2) is 8.80. The molecule has 27 heavy (non-hydrogen) atoms. The second-order valence-corrected chi connectivity index (χ2v) is 5.93. The molecule has 0 spiro atoms. The first-order valence-corrected chi connectivity index (χ1v) is 8.78. The molecular weight excluding hydrogens is 340 g/mol. The van der Waals surface area contributed by atoms with E-state index in [0.29, 0.717) is 5.82 Å². The summed E-state index contributed by atoms with van der Waals surface area (Å²) in [5.74, 6) is 1.79. The number of methoxy groups -OCH3 is 1. The molecule has 0 aliphatic carbocycles. The first-order chi connectivity index (χ1) is 13.2. The lowest BCUT2D eigenvalue weighted by Gasteiger charge is -2.21. The molecule has 6 heteroatoms. The molecule has 1 N–H and O–H groups in total. The number of nitrogens with one attached hydrogen (secondary N) is 1. The molecule has 0 unspecified atom stereocenters. The molecule has 3 aromatic rings. The third-order valence-electron chi connectivity index (χ3n) is 4.10. The van der Waals surface area contributed by atoms with E-state index in [1.54, 1.807) is 13.2 Å². The van der Waals surface area contributed by atoms with Crippen LogP contribution in [0.2, 0.25) is 0 Å². The summed E-state index contributed by atoms with van der Waals surface area (Å²) >= 11 is 0. The van der Waals surface area contributed by atoms with Gasteiger partial charge in [-0.1, -0.05) is 30.3 Å². The van der Waals surface area contributed by atoms with Crippen molar-refractivity contribution in [3.8, 4) is 5.75 Å². The number of amides is 1. The Bertz CT molecular complexity index is 865. The van der Waals surface area contributed by atoms with Crippen molar-refractivity contribution < 1.29 is 9.53 Å². The Balaban J connectivity index is 1.63. The van der Waals surface area contributed by atoms with Crippen LogP contribution in [0.15, 0.2) is 66.7 Å². The normalized spacial score (nSPS) is 10.3. The molecule has 0 radical (unpaired) electrons. The summed E-state index contributed by atoms with van der Waals surface area (Å²) in [6.07, 6.45) is 0.262. The number of ether oxygens (including phenoxy) is 1. The minimum absolute atomic E-state index is 0.141. The van der Waals surface area contributed by atoms with Crippen molar-refractivity contribution >= 4 is 23.2 Å².